The fraction of sp³-hybridized carbons (Fsp3) is 0.533. The highest BCUT2D eigenvalue weighted by molar-refractivity contribution is 5.94. The van der Waals surface area contributed by atoms with Gasteiger partial charge in [0.1, 0.15) is 11.4 Å². The molecule has 1 heterocycles. The molecule has 20 heavy (non-hydrogen) atoms. The lowest BCUT2D eigenvalue weighted by Crippen LogP contribution is -2.39. The number of carbonyl (C=O) groups is 1. The van der Waals surface area contributed by atoms with Gasteiger partial charge in [-0.15, -0.1) is 0 Å². The fourth-order valence-electron chi connectivity index (χ4n) is 2.98. The zero-order chi connectivity index (χ0) is 14.7. The molecule has 1 aromatic carbocycles. The third-order valence-corrected chi connectivity index (χ3v) is 4.01. The van der Waals surface area contributed by atoms with E-state index >= 15 is 0 Å². The lowest BCUT2D eigenvalue weighted by atomic mass is 10.1. The van der Waals surface area contributed by atoms with E-state index in [4.69, 9.17) is 0 Å². The van der Waals surface area contributed by atoms with E-state index in [0.717, 1.165) is 26.1 Å². The number of benzene rings is 1. The van der Waals surface area contributed by atoms with E-state index in [9.17, 15) is 14.3 Å². The van der Waals surface area contributed by atoms with E-state index in [1.165, 1.54) is 12.5 Å². The Bertz CT molecular complexity index is 493. The maximum absolute atomic E-state index is 13.7. The number of aromatic carboxylic acids is 1. The Kier molecular flexibility index (Phi) is 4.60. The van der Waals surface area contributed by atoms with Gasteiger partial charge in [-0.2, -0.15) is 0 Å². The van der Waals surface area contributed by atoms with Crippen LogP contribution in [0.15, 0.2) is 18.2 Å². The Balaban J connectivity index is 2.19. The minimum atomic E-state index is -1.22. The minimum absolute atomic E-state index is 0.240. The van der Waals surface area contributed by atoms with Crippen LogP contribution in [-0.4, -0.2) is 48.7 Å². The molecule has 1 aliphatic heterocycles. The summed E-state index contributed by atoms with van der Waals surface area (Å²) in [6.45, 7) is 4.93. The zero-order valence-electron chi connectivity index (χ0n) is 12.0. The number of hydrogen-bond acceptors (Lipinski definition) is 3. The normalized spacial score (nSPS) is 19.2. The molecule has 4 nitrogen and oxygen atoms in total. The predicted octanol–water partition coefficient (Wildman–Crippen LogP) is 2.44. The van der Waals surface area contributed by atoms with Crippen molar-refractivity contribution in [2.75, 3.05) is 31.6 Å². The van der Waals surface area contributed by atoms with Gasteiger partial charge in [0.05, 0.1) is 5.69 Å². The highest BCUT2D eigenvalue weighted by Gasteiger charge is 2.26. The van der Waals surface area contributed by atoms with Crippen LogP contribution in [0.1, 0.15) is 30.1 Å². The molecule has 0 spiro atoms. The quantitative estimate of drug-likeness (QED) is 0.899. The van der Waals surface area contributed by atoms with Crippen molar-refractivity contribution in [3.63, 3.8) is 0 Å². The van der Waals surface area contributed by atoms with Gasteiger partial charge in [-0.3, -0.25) is 4.90 Å². The summed E-state index contributed by atoms with van der Waals surface area (Å²) in [5.41, 5.74) is 0.205. The highest BCUT2D eigenvalue weighted by Crippen LogP contribution is 2.25. The first kappa shape index (κ1) is 14.8. The zero-order valence-corrected chi connectivity index (χ0v) is 12.0. The molecule has 0 bridgehead atoms. The van der Waals surface area contributed by atoms with E-state index in [1.54, 1.807) is 12.1 Å². The molecule has 2 rings (SSSR count). The van der Waals surface area contributed by atoms with E-state index in [1.807, 2.05) is 11.9 Å². The minimum Gasteiger partial charge on any atom is -0.478 e. The third-order valence-electron chi connectivity index (χ3n) is 4.01. The highest BCUT2D eigenvalue weighted by atomic mass is 19.1. The molecule has 1 fully saturated rings. The summed E-state index contributed by atoms with van der Waals surface area (Å²) in [5, 5.41) is 9.18. The number of nitrogens with zero attached hydrogens (tertiary/aromatic N) is 2. The van der Waals surface area contributed by atoms with Crippen molar-refractivity contribution in [3.05, 3.63) is 29.6 Å². The third kappa shape index (κ3) is 2.93. The van der Waals surface area contributed by atoms with Crippen molar-refractivity contribution in [2.45, 2.75) is 25.8 Å². The number of likely N-dealkylation sites (tertiary alicyclic amines) is 1. The lowest BCUT2D eigenvalue weighted by Gasteiger charge is -2.29. The van der Waals surface area contributed by atoms with Gasteiger partial charge in [-0.05, 0) is 38.1 Å². The number of anilines is 1. The first-order valence-electron chi connectivity index (χ1n) is 7.01. The van der Waals surface area contributed by atoms with Gasteiger partial charge in [-0.25, -0.2) is 9.18 Å². The maximum atomic E-state index is 13.7. The first-order chi connectivity index (χ1) is 9.54. The summed E-state index contributed by atoms with van der Waals surface area (Å²) in [4.78, 5) is 15.5. The van der Waals surface area contributed by atoms with Crippen molar-refractivity contribution < 1.29 is 14.3 Å². The molecule has 1 saturated heterocycles. The van der Waals surface area contributed by atoms with Crippen LogP contribution in [0.2, 0.25) is 0 Å². The van der Waals surface area contributed by atoms with Crippen LogP contribution >= 0.6 is 0 Å². The molecule has 1 atom stereocenters. The van der Waals surface area contributed by atoms with E-state index in [0.29, 0.717) is 11.7 Å². The molecule has 0 aliphatic carbocycles. The average molecular weight is 280 g/mol. The summed E-state index contributed by atoms with van der Waals surface area (Å²) >= 11 is 0. The molecule has 5 heteroatoms. The van der Waals surface area contributed by atoms with Crippen LogP contribution < -0.4 is 4.90 Å². The molecular formula is C15H21FN2O2. The SMILES string of the molecule is CCN1CCCC1CN(C)c1cccc(F)c1C(=O)O. The Morgan fingerprint density at radius 1 is 1.55 bits per heavy atom. The van der Waals surface area contributed by atoms with Gasteiger partial charge in [0.15, 0.2) is 0 Å². The van der Waals surface area contributed by atoms with Gasteiger partial charge >= 0.3 is 5.97 Å². The van der Waals surface area contributed by atoms with Gasteiger partial charge in [-0.1, -0.05) is 13.0 Å². The van der Waals surface area contributed by atoms with Crippen molar-refractivity contribution >= 4 is 11.7 Å². The molecule has 1 unspecified atom stereocenters. The monoisotopic (exact) mass is 280 g/mol. The Morgan fingerprint density at radius 2 is 2.30 bits per heavy atom. The van der Waals surface area contributed by atoms with E-state index in [-0.39, 0.29) is 5.56 Å². The smallest absolute Gasteiger partial charge is 0.340 e. The number of rotatable bonds is 5. The van der Waals surface area contributed by atoms with Gasteiger partial charge < -0.3 is 10.0 Å². The van der Waals surface area contributed by atoms with Crippen molar-refractivity contribution in [3.8, 4) is 0 Å². The lowest BCUT2D eigenvalue weighted by molar-refractivity contribution is 0.0692. The Labute approximate surface area is 118 Å². The van der Waals surface area contributed by atoms with E-state index in [2.05, 4.69) is 11.8 Å². The van der Waals surface area contributed by atoms with Crippen LogP contribution in [-0.2, 0) is 0 Å². The van der Waals surface area contributed by atoms with Gasteiger partial charge in [0, 0.05) is 19.6 Å². The molecule has 0 radical (unpaired) electrons. The van der Waals surface area contributed by atoms with Crippen LogP contribution in [0.25, 0.3) is 0 Å². The average Bonchev–Trinajstić information content (AvgIpc) is 2.85. The number of halogens is 1. The second-order valence-corrected chi connectivity index (χ2v) is 5.24. The summed E-state index contributed by atoms with van der Waals surface area (Å²) in [7, 11) is 1.83. The number of likely N-dealkylation sites (N-methyl/N-ethyl adjacent to an activating group) is 2. The Morgan fingerprint density at radius 3 is 2.95 bits per heavy atom. The van der Waals surface area contributed by atoms with Gasteiger partial charge in [0.25, 0.3) is 0 Å². The van der Waals surface area contributed by atoms with Crippen LogP contribution in [0.4, 0.5) is 10.1 Å². The molecule has 1 aliphatic rings. The molecule has 0 amide bonds. The largest absolute Gasteiger partial charge is 0.478 e. The number of carboxylic acids is 1. The summed E-state index contributed by atoms with van der Waals surface area (Å²) in [6.07, 6.45) is 2.27. The topological polar surface area (TPSA) is 43.8 Å². The summed E-state index contributed by atoms with van der Waals surface area (Å²) < 4.78 is 13.7. The standard InChI is InChI=1S/C15H21FN2O2/c1-3-18-9-5-6-11(18)10-17(2)13-8-4-7-12(16)14(13)15(19)20/h4,7-8,11H,3,5-6,9-10H2,1-2H3,(H,19,20). The summed E-state index contributed by atoms with van der Waals surface area (Å²) in [6, 6.07) is 4.82. The maximum Gasteiger partial charge on any atom is 0.340 e. The van der Waals surface area contributed by atoms with Crippen LogP contribution in [0.3, 0.4) is 0 Å². The van der Waals surface area contributed by atoms with Crippen molar-refractivity contribution in [1.82, 2.24) is 4.90 Å². The second kappa shape index (κ2) is 6.22. The number of hydrogen-bond donors (Lipinski definition) is 1. The molecular weight excluding hydrogens is 259 g/mol. The van der Waals surface area contributed by atoms with Crippen LogP contribution in [0, 0.1) is 5.82 Å². The molecule has 0 aromatic heterocycles. The molecule has 1 aromatic rings. The van der Waals surface area contributed by atoms with Crippen LogP contribution in [0.5, 0.6) is 0 Å². The fourth-order valence-corrected chi connectivity index (χ4v) is 2.98. The van der Waals surface area contributed by atoms with Gasteiger partial charge in [0.2, 0.25) is 0 Å². The van der Waals surface area contributed by atoms with E-state index < -0.39 is 11.8 Å². The second-order valence-electron chi connectivity index (χ2n) is 5.24. The molecule has 1 N–H and O–H groups in total. The predicted molar refractivity (Wildman–Crippen MR) is 76.9 cm³/mol. The Hall–Kier alpha value is -1.62. The summed E-state index contributed by atoms with van der Waals surface area (Å²) in [5.74, 6) is -1.90. The first-order valence-corrected chi connectivity index (χ1v) is 7.01. The molecule has 110 valence electrons. The van der Waals surface area contributed by atoms with Crippen molar-refractivity contribution in [1.29, 1.82) is 0 Å². The number of carboxylic acid groups (broad SMARTS) is 1. The molecule has 0 saturated carbocycles. The van der Waals surface area contributed by atoms with Crippen molar-refractivity contribution in [2.24, 2.45) is 0 Å².